The number of hydrogen-bond acceptors (Lipinski definition) is 4. The van der Waals surface area contributed by atoms with Crippen LogP contribution in [0.4, 0.5) is 11.6 Å². The van der Waals surface area contributed by atoms with E-state index in [0.717, 1.165) is 43.5 Å². The molecule has 1 saturated heterocycles. The van der Waals surface area contributed by atoms with Gasteiger partial charge >= 0.3 is 0 Å². The van der Waals surface area contributed by atoms with Gasteiger partial charge in [0.2, 0.25) is 0 Å². The molecule has 1 aromatic heterocycles. The van der Waals surface area contributed by atoms with E-state index in [1.807, 2.05) is 7.05 Å². The second-order valence-corrected chi connectivity index (χ2v) is 5.72. The van der Waals surface area contributed by atoms with Crippen LogP contribution >= 0.6 is 0 Å². The first-order chi connectivity index (χ1) is 9.80. The molecule has 112 valence electrons. The Morgan fingerprint density at radius 2 is 2.10 bits per heavy atom. The van der Waals surface area contributed by atoms with Gasteiger partial charge in [-0.2, -0.15) is 0 Å². The van der Waals surface area contributed by atoms with Gasteiger partial charge < -0.3 is 10.2 Å². The molecule has 20 heavy (non-hydrogen) atoms. The van der Waals surface area contributed by atoms with Crippen LogP contribution < -0.4 is 10.2 Å². The van der Waals surface area contributed by atoms with Crippen molar-refractivity contribution in [2.45, 2.75) is 52.4 Å². The van der Waals surface area contributed by atoms with Crippen LogP contribution in [0.1, 0.15) is 51.5 Å². The first-order valence-corrected chi connectivity index (χ1v) is 8.06. The Balaban J connectivity index is 2.22. The van der Waals surface area contributed by atoms with Gasteiger partial charge in [-0.3, -0.25) is 0 Å². The lowest BCUT2D eigenvalue weighted by Gasteiger charge is -2.25. The van der Waals surface area contributed by atoms with Crippen molar-refractivity contribution in [3.8, 4) is 0 Å². The first-order valence-electron chi connectivity index (χ1n) is 8.06. The van der Waals surface area contributed by atoms with Crippen molar-refractivity contribution >= 4 is 11.6 Å². The maximum Gasteiger partial charge on any atom is 0.137 e. The third-order valence-electron chi connectivity index (χ3n) is 4.38. The van der Waals surface area contributed by atoms with Crippen LogP contribution in [0.25, 0.3) is 0 Å². The molecule has 1 atom stereocenters. The number of nitrogens with one attached hydrogen (secondary N) is 1. The average Bonchev–Trinajstić information content (AvgIpc) is 2.73. The minimum atomic E-state index is 0.889. The van der Waals surface area contributed by atoms with Gasteiger partial charge in [-0.15, -0.1) is 0 Å². The largest absolute Gasteiger partial charge is 0.373 e. The zero-order valence-corrected chi connectivity index (χ0v) is 13.2. The lowest BCUT2D eigenvalue weighted by Crippen LogP contribution is -2.27. The SMILES string of the molecule is CCCc1c(NC)ncnc1N1CCCC(CC)CC1. The van der Waals surface area contributed by atoms with Crippen LogP contribution in [0.3, 0.4) is 0 Å². The highest BCUT2D eigenvalue weighted by Gasteiger charge is 2.20. The Hall–Kier alpha value is -1.32. The topological polar surface area (TPSA) is 41.1 Å². The predicted molar refractivity (Wildman–Crippen MR) is 85.4 cm³/mol. The summed E-state index contributed by atoms with van der Waals surface area (Å²) in [7, 11) is 1.95. The lowest BCUT2D eigenvalue weighted by atomic mass is 9.98. The van der Waals surface area contributed by atoms with Crippen molar-refractivity contribution in [3.63, 3.8) is 0 Å². The van der Waals surface area contributed by atoms with Crippen molar-refractivity contribution in [1.82, 2.24) is 9.97 Å². The summed E-state index contributed by atoms with van der Waals surface area (Å²) in [5.41, 5.74) is 1.28. The van der Waals surface area contributed by atoms with Crippen LogP contribution in [0.15, 0.2) is 6.33 Å². The number of aromatic nitrogens is 2. The minimum absolute atomic E-state index is 0.889. The smallest absolute Gasteiger partial charge is 0.137 e. The molecule has 2 heterocycles. The fourth-order valence-corrected chi connectivity index (χ4v) is 3.16. The molecule has 0 aliphatic carbocycles. The van der Waals surface area contributed by atoms with E-state index in [4.69, 9.17) is 0 Å². The van der Waals surface area contributed by atoms with Gasteiger partial charge in [0.05, 0.1) is 0 Å². The summed E-state index contributed by atoms with van der Waals surface area (Å²) in [5.74, 6) is 3.04. The second-order valence-electron chi connectivity index (χ2n) is 5.72. The zero-order valence-electron chi connectivity index (χ0n) is 13.2. The summed E-state index contributed by atoms with van der Waals surface area (Å²) in [5, 5.41) is 3.22. The fourth-order valence-electron chi connectivity index (χ4n) is 3.16. The number of nitrogens with zero attached hydrogens (tertiary/aromatic N) is 3. The summed E-state index contributed by atoms with van der Waals surface area (Å²) in [6.45, 7) is 6.79. The molecule has 4 nitrogen and oxygen atoms in total. The van der Waals surface area contributed by atoms with Crippen molar-refractivity contribution in [1.29, 1.82) is 0 Å². The molecule has 1 N–H and O–H groups in total. The van der Waals surface area contributed by atoms with Crippen LogP contribution in [-0.4, -0.2) is 30.1 Å². The highest BCUT2D eigenvalue weighted by Crippen LogP contribution is 2.28. The maximum absolute atomic E-state index is 4.60. The van der Waals surface area contributed by atoms with E-state index in [0.29, 0.717) is 0 Å². The lowest BCUT2D eigenvalue weighted by molar-refractivity contribution is 0.459. The van der Waals surface area contributed by atoms with E-state index >= 15 is 0 Å². The molecule has 0 bridgehead atoms. The predicted octanol–water partition coefficient (Wildman–Crippen LogP) is 3.49. The van der Waals surface area contributed by atoms with E-state index < -0.39 is 0 Å². The molecule has 0 spiro atoms. The maximum atomic E-state index is 4.60. The van der Waals surface area contributed by atoms with Gasteiger partial charge in [0.15, 0.2) is 0 Å². The Bertz CT molecular complexity index is 419. The van der Waals surface area contributed by atoms with Crippen molar-refractivity contribution in [2.75, 3.05) is 30.4 Å². The Kier molecular flexibility index (Phi) is 5.62. The fraction of sp³-hybridized carbons (Fsp3) is 0.750. The summed E-state index contributed by atoms with van der Waals surface area (Å²) in [6, 6.07) is 0. The van der Waals surface area contributed by atoms with Gasteiger partial charge in [-0.25, -0.2) is 9.97 Å². The Morgan fingerprint density at radius 1 is 1.25 bits per heavy atom. The summed E-state index contributed by atoms with van der Waals surface area (Å²) >= 11 is 0. The molecular weight excluding hydrogens is 248 g/mol. The average molecular weight is 276 g/mol. The molecule has 4 heteroatoms. The Morgan fingerprint density at radius 3 is 2.80 bits per heavy atom. The minimum Gasteiger partial charge on any atom is -0.373 e. The van der Waals surface area contributed by atoms with Crippen molar-refractivity contribution in [3.05, 3.63) is 11.9 Å². The third kappa shape index (κ3) is 3.41. The monoisotopic (exact) mass is 276 g/mol. The molecule has 0 amide bonds. The van der Waals surface area contributed by atoms with Gasteiger partial charge in [-0.05, 0) is 31.6 Å². The van der Waals surface area contributed by atoms with E-state index in [1.165, 1.54) is 31.2 Å². The molecule has 1 aromatic rings. The van der Waals surface area contributed by atoms with Gasteiger partial charge in [-0.1, -0.05) is 26.7 Å². The molecule has 1 aliphatic heterocycles. The zero-order chi connectivity index (χ0) is 14.4. The van der Waals surface area contributed by atoms with Crippen LogP contribution in [0, 0.1) is 5.92 Å². The second kappa shape index (κ2) is 7.46. The number of anilines is 2. The summed E-state index contributed by atoms with van der Waals surface area (Å²) < 4.78 is 0. The normalized spacial score (nSPS) is 19.8. The van der Waals surface area contributed by atoms with Gasteiger partial charge in [0.1, 0.15) is 18.0 Å². The first kappa shape index (κ1) is 15.1. The van der Waals surface area contributed by atoms with Crippen LogP contribution in [0.5, 0.6) is 0 Å². The van der Waals surface area contributed by atoms with Gasteiger partial charge in [0, 0.05) is 25.7 Å². The molecule has 0 saturated carbocycles. The molecule has 2 rings (SSSR count). The highest BCUT2D eigenvalue weighted by atomic mass is 15.2. The van der Waals surface area contributed by atoms with Crippen LogP contribution in [-0.2, 0) is 6.42 Å². The van der Waals surface area contributed by atoms with Crippen molar-refractivity contribution in [2.24, 2.45) is 5.92 Å². The molecular formula is C16H28N4. The number of rotatable bonds is 5. The van der Waals surface area contributed by atoms with E-state index in [9.17, 15) is 0 Å². The molecule has 1 fully saturated rings. The summed E-state index contributed by atoms with van der Waals surface area (Å²) in [6.07, 6.45) is 9.11. The molecule has 1 aliphatic rings. The number of hydrogen-bond donors (Lipinski definition) is 1. The molecule has 1 unspecified atom stereocenters. The van der Waals surface area contributed by atoms with E-state index in [2.05, 4.69) is 34.0 Å². The van der Waals surface area contributed by atoms with E-state index in [-0.39, 0.29) is 0 Å². The van der Waals surface area contributed by atoms with Crippen molar-refractivity contribution < 1.29 is 0 Å². The van der Waals surface area contributed by atoms with Crippen LogP contribution in [0.2, 0.25) is 0 Å². The van der Waals surface area contributed by atoms with Gasteiger partial charge in [0.25, 0.3) is 0 Å². The Labute approximate surface area is 123 Å². The molecule has 0 aromatic carbocycles. The standard InChI is InChI=1S/C16H28N4/c1-4-7-14-15(17-3)18-12-19-16(14)20-10-6-8-13(5-2)9-11-20/h12-13H,4-11H2,1-3H3,(H,17,18,19). The van der Waals surface area contributed by atoms with E-state index in [1.54, 1.807) is 6.33 Å². The highest BCUT2D eigenvalue weighted by molar-refractivity contribution is 5.58. The molecule has 0 radical (unpaired) electrons. The quantitative estimate of drug-likeness (QED) is 0.894. The summed E-state index contributed by atoms with van der Waals surface area (Å²) in [4.78, 5) is 11.4. The third-order valence-corrected chi connectivity index (χ3v) is 4.38.